The van der Waals surface area contributed by atoms with Gasteiger partial charge in [-0.05, 0) is 18.9 Å². The number of alkyl carbamates (subject to hydrolysis) is 1. The first-order valence-electron chi connectivity index (χ1n) is 8.55. The van der Waals surface area contributed by atoms with E-state index in [-0.39, 0.29) is 5.78 Å². The summed E-state index contributed by atoms with van der Waals surface area (Å²) in [7, 11) is 0. The SMILES string of the molecule is CCOC(=O)NCCOCCOCCCC(=O)c1ccc(CN)cc1. The minimum atomic E-state index is -0.440. The molecule has 1 rings (SSSR count). The van der Waals surface area contributed by atoms with E-state index in [0.29, 0.717) is 64.5 Å². The zero-order valence-corrected chi connectivity index (χ0v) is 14.8. The van der Waals surface area contributed by atoms with Crippen molar-refractivity contribution in [3.05, 3.63) is 35.4 Å². The molecular weight excluding hydrogens is 324 g/mol. The molecule has 0 aliphatic heterocycles. The quantitative estimate of drug-likeness (QED) is 0.415. The highest BCUT2D eigenvalue weighted by atomic mass is 16.5. The molecule has 25 heavy (non-hydrogen) atoms. The largest absolute Gasteiger partial charge is 0.450 e. The Morgan fingerprint density at radius 2 is 1.72 bits per heavy atom. The van der Waals surface area contributed by atoms with Gasteiger partial charge in [-0.1, -0.05) is 24.3 Å². The summed E-state index contributed by atoms with van der Waals surface area (Å²) in [5, 5.41) is 2.56. The van der Waals surface area contributed by atoms with E-state index in [9.17, 15) is 9.59 Å². The van der Waals surface area contributed by atoms with Crippen LogP contribution in [-0.2, 0) is 20.8 Å². The van der Waals surface area contributed by atoms with Gasteiger partial charge in [0.15, 0.2) is 5.78 Å². The number of amides is 1. The van der Waals surface area contributed by atoms with Gasteiger partial charge in [0.1, 0.15) is 0 Å². The lowest BCUT2D eigenvalue weighted by molar-refractivity contribution is 0.0466. The van der Waals surface area contributed by atoms with Crippen molar-refractivity contribution in [1.82, 2.24) is 5.32 Å². The average molecular weight is 352 g/mol. The van der Waals surface area contributed by atoms with E-state index in [4.69, 9.17) is 19.9 Å². The first kappa shape index (κ1) is 21.1. The number of carbonyl (C=O) groups excluding carboxylic acids is 2. The third kappa shape index (κ3) is 9.81. The van der Waals surface area contributed by atoms with Gasteiger partial charge in [0.2, 0.25) is 0 Å². The van der Waals surface area contributed by atoms with Gasteiger partial charge in [0, 0.05) is 31.7 Å². The number of hydrogen-bond acceptors (Lipinski definition) is 6. The Bertz CT molecular complexity index is 505. The number of hydrogen-bond donors (Lipinski definition) is 2. The molecule has 0 spiro atoms. The lowest BCUT2D eigenvalue weighted by atomic mass is 10.1. The minimum Gasteiger partial charge on any atom is -0.450 e. The van der Waals surface area contributed by atoms with E-state index in [0.717, 1.165) is 5.56 Å². The van der Waals surface area contributed by atoms with E-state index in [1.54, 1.807) is 6.92 Å². The molecule has 0 fully saturated rings. The maximum atomic E-state index is 12.0. The standard InChI is InChI=1S/C18H28N2O5/c1-2-25-18(22)20-9-11-24-13-12-23-10-3-4-17(21)16-7-5-15(14-19)6-8-16/h5-8H,2-4,9-14,19H2,1H3,(H,20,22). The fourth-order valence-electron chi connectivity index (χ4n) is 2.04. The van der Waals surface area contributed by atoms with Crippen LogP contribution in [0.2, 0.25) is 0 Å². The fourth-order valence-corrected chi connectivity index (χ4v) is 2.04. The van der Waals surface area contributed by atoms with Gasteiger partial charge in [-0.2, -0.15) is 0 Å². The van der Waals surface area contributed by atoms with Crippen LogP contribution in [0.4, 0.5) is 4.79 Å². The van der Waals surface area contributed by atoms with Gasteiger partial charge >= 0.3 is 6.09 Å². The smallest absolute Gasteiger partial charge is 0.407 e. The van der Waals surface area contributed by atoms with Crippen LogP contribution >= 0.6 is 0 Å². The molecule has 0 heterocycles. The van der Waals surface area contributed by atoms with Crippen LogP contribution < -0.4 is 11.1 Å². The molecule has 0 aliphatic carbocycles. The number of nitrogens with one attached hydrogen (secondary N) is 1. The second kappa shape index (κ2) is 13.3. The summed E-state index contributed by atoms with van der Waals surface area (Å²) in [5.41, 5.74) is 7.25. The van der Waals surface area contributed by atoms with E-state index in [1.807, 2.05) is 24.3 Å². The Balaban J connectivity index is 1.96. The van der Waals surface area contributed by atoms with Gasteiger partial charge in [0.25, 0.3) is 0 Å². The zero-order chi connectivity index (χ0) is 18.3. The highest BCUT2D eigenvalue weighted by molar-refractivity contribution is 5.96. The second-order valence-electron chi connectivity index (χ2n) is 5.30. The molecule has 1 aromatic carbocycles. The van der Waals surface area contributed by atoms with Crippen LogP contribution in [0.5, 0.6) is 0 Å². The molecular formula is C18H28N2O5. The van der Waals surface area contributed by atoms with Gasteiger partial charge in [0.05, 0.1) is 26.4 Å². The first-order chi connectivity index (χ1) is 12.2. The second-order valence-corrected chi connectivity index (χ2v) is 5.30. The molecule has 0 bridgehead atoms. The molecule has 0 radical (unpaired) electrons. The van der Waals surface area contributed by atoms with Gasteiger partial charge in [-0.3, -0.25) is 4.79 Å². The highest BCUT2D eigenvalue weighted by Crippen LogP contribution is 2.08. The van der Waals surface area contributed by atoms with Crippen molar-refractivity contribution in [3.8, 4) is 0 Å². The van der Waals surface area contributed by atoms with E-state index < -0.39 is 6.09 Å². The third-order valence-corrected chi connectivity index (χ3v) is 3.37. The lowest BCUT2D eigenvalue weighted by Gasteiger charge is -2.07. The van der Waals surface area contributed by atoms with Crippen LogP contribution in [0.15, 0.2) is 24.3 Å². The molecule has 140 valence electrons. The summed E-state index contributed by atoms with van der Waals surface area (Å²) in [6.07, 6.45) is 0.679. The molecule has 1 aromatic rings. The Labute approximate surface area is 148 Å². The number of rotatable bonds is 13. The number of ketones is 1. The summed E-state index contributed by atoms with van der Waals surface area (Å²) in [5.74, 6) is 0.105. The predicted molar refractivity (Wildman–Crippen MR) is 94.6 cm³/mol. The summed E-state index contributed by atoms with van der Waals surface area (Å²) in [4.78, 5) is 23.0. The van der Waals surface area contributed by atoms with Crippen LogP contribution in [0.25, 0.3) is 0 Å². The van der Waals surface area contributed by atoms with Crippen molar-refractivity contribution in [1.29, 1.82) is 0 Å². The first-order valence-corrected chi connectivity index (χ1v) is 8.55. The van der Waals surface area contributed by atoms with Crippen molar-refractivity contribution in [2.75, 3.05) is 39.6 Å². The third-order valence-electron chi connectivity index (χ3n) is 3.37. The molecule has 0 saturated carbocycles. The Morgan fingerprint density at radius 1 is 1.04 bits per heavy atom. The Kier molecular flexibility index (Phi) is 11.3. The predicted octanol–water partition coefficient (Wildman–Crippen LogP) is 1.89. The van der Waals surface area contributed by atoms with Crippen molar-refractivity contribution in [2.24, 2.45) is 5.73 Å². The summed E-state index contributed by atoms with van der Waals surface area (Å²) in [6, 6.07) is 7.36. The number of nitrogens with two attached hydrogens (primary N) is 1. The molecule has 7 heteroatoms. The zero-order valence-electron chi connectivity index (χ0n) is 14.8. The maximum absolute atomic E-state index is 12.0. The van der Waals surface area contributed by atoms with Gasteiger partial charge in [-0.25, -0.2) is 4.79 Å². The van der Waals surface area contributed by atoms with Crippen LogP contribution in [0, 0.1) is 0 Å². The highest BCUT2D eigenvalue weighted by Gasteiger charge is 2.05. The lowest BCUT2D eigenvalue weighted by Crippen LogP contribution is -2.28. The summed E-state index contributed by atoms with van der Waals surface area (Å²) < 4.78 is 15.4. The van der Waals surface area contributed by atoms with E-state index in [1.165, 1.54) is 0 Å². The van der Waals surface area contributed by atoms with Crippen molar-refractivity contribution >= 4 is 11.9 Å². The van der Waals surface area contributed by atoms with Crippen molar-refractivity contribution < 1.29 is 23.8 Å². The molecule has 0 saturated heterocycles. The number of Topliss-reactive ketones (excluding diaryl/α,β-unsaturated/α-hetero) is 1. The van der Waals surface area contributed by atoms with E-state index >= 15 is 0 Å². The topological polar surface area (TPSA) is 99.9 Å². The molecule has 0 unspecified atom stereocenters. The minimum absolute atomic E-state index is 0.105. The monoisotopic (exact) mass is 352 g/mol. The van der Waals surface area contributed by atoms with Crippen LogP contribution in [0.3, 0.4) is 0 Å². The Hall–Kier alpha value is -1.96. The normalized spacial score (nSPS) is 10.5. The molecule has 7 nitrogen and oxygen atoms in total. The molecule has 0 aliphatic rings. The number of ether oxygens (including phenoxy) is 3. The molecule has 1 amide bonds. The van der Waals surface area contributed by atoms with Gasteiger partial charge < -0.3 is 25.3 Å². The summed E-state index contributed by atoms with van der Waals surface area (Å²) in [6.45, 7) is 4.79. The van der Waals surface area contributed by atoms with Crippen molar-refractivity contribution in [3.63, 3.8) is 0 Å². The fraction of sp³-hybridized carbons (Fsp3) is 0.556. The maximum Gasteiger partial charge on any atom is 0.407 e. The average Bonchev–Trinajstić information content (AvgIpc) is 2.63. The van der Waals surface area contributed by atoms with Crippen LogP contribution in [-0.4, -0.2) is 51.5 Å². The van der Waals surface area contributed by atoms with E-state index in [2.05, 4.69) is 5.32 Å². The molecule has 3 N–H and O–H groups in total. The molecule has 0 aromatic heterocycles. The van der Waals surface area contributed by atoms with Gasteiger partial charge in [-0.15, -0.1) is 0 Å². The summed E-state index contributed by atoms with van der Waals surface area (Å²) >= 11 is 0. The number of benzene rings is 1. The molecule has 0 atom stereocenters. The number of carbonyl (C=O) groups is 2. The van der Waals surface area contributed by atoms with Crippen molar-refractivity contribution in [2.45, 2.75) is 26.3 Å². The Morgan fingerprint density at radius 3 is 2.36 bits per heavy atom. The van der Waals surface area contributed by atoms with Crippen LogP contribution in [0.1, 0.15) is 35.7 Å².